The van der Waals surface area contributed by atoms with Gasteiger partial charge in [0, 0.05) is 32.7 Å². The summed E-state index contributed by atoms with van der Waals surface area (Å²) in [5.41, 5.74) is 0.711. The number of piperidine rings is 1. The molecule has 2 heterocycles. The highest BCUT2D eigenvalue weighted by Gasteiger charge is 2.30. The molecule has 0 aromatic heterocycles. The predicted octanol–water partition coefficient (Wildman–Crippen LogP) is 1.02. The van der Waals surface area contributed by atoms with Gasteiger partial charge in [0.1, 0.15) is 0 Å². The van der Waals surface area contributed by atoms with Gasteiger partial charge in [0.15, 0.2) is 0 Å². The molecule has 28 heavy (non-hydrogen) atoms. The van der Waals surface area contributed by atoms with Gasteiger partial charge in [-0.2, -0.15) is 21.8 Å². The van der Waals surface area contributed by atoms with Crippen molar-refractivity contribution in [3.05, 3.63) is 29.8 Å². The lowest BCUT2D eigenvalue weighted by Gasteiger charge is -2.33. The van der Waals surface area contributed by atoms with Crippen LogP contribution in [0.1, 0.15) is 25.8 Å². The Morgan fingerprint density at radius 2 is 1.54 bits per heavy atom. The lowest BCUT2D eigenvalue weighted by Crippen LogP contribution is -2.47. The Morgan fingerprint density at radius 1 is 0.964 bits per heavy atom. The van der Waals surface area contributed by atoms with Crippen molar-refractivity contribution in [1.29, 1.82) is 0 Å². The standard InChI is InChI=1S/C18H29N3O5S2/c1-15-11-16(2)14-21(13-15)28(24,25)19-12-17-3-5-18(6-4-17)27(22,23)20-7-9-26-10-8-20/h3-6,15-16,19H,7-14H2,1-2H3/t15-,16-/m1/s1. The number of hydrogen-bond donors (Lipinski definition) is 1. The molecule has 0 amide bonds. The Morgan fingerprint density at radius 3 is 2.11 bits per heavy atom. The summed E-state index contributed by atoms with van der Waals surface area (Å²) in [5.74, 6) is 0.676. The number of nitrogens with zero attached hydrogens (tertiary/aromatic N) is 2. The highest BCUT2D eigenvalue weighted by molar-refractivity contribution is 7.89. The number of morpholine rings is 1. The average molecular weight is 432 g/mol. The fraction of sp³-hybridized carbons (Fsp3) is 0.667. The summed E-state index contributed by atoms with van der Waals surface area (Å²) in [4.78, 5) is 0.208. The van der Waals surface area contributed by atoms with Crippen molar-refractivity contribution in [2.45, 2.75) is 31.7 Å². The Bertz CT molecular complexity index is 855. The lowest BCUT2D eigenvalue weighted by atomic mass is 9.94. The lowest BCUT2D eigenvalue weighted by molar-refractivity contribution is 0.0730. The summed E-state index contributed by atoms with van der Waals surface area (Å²) in [6.45, 7) is 6.77. The molecule has 1 aromatic rings. The van der Waals surface area contributed by atoms with Gasteiger partial charge in [0.05, 0.1) is 18.1 Å². The zero-order chi connectivity index (χ0) is 20.4. The maximum absolute atomic E-state index is 12.6. The number of nitrogens with one attached hydrogen (secondary N) is 1. The third-order valence-corrected chi connectivity index (χ3v) is 8.57. The molecule has 8 nitrogen and oxygen atoms in total. The predicted molar refractivity (Wildman–Crippen MR) is 106 cm³/mol. The molecular weight excluding hydrogens is 402 g/mol. The molecule has 2 atom stereocenters. The summed E-state index contributed by atoms with van der Waals surface area (Å²) >= 11 is 0. The van der Waals surface area contributed by atoms with Gasteiger partial charge >= 0.3 is 0 Å². The maximum Gasteiger partial charge on any atom is 0.279 e. The fourth-order valence-electron chi connectivity index (χ4n) is 3.78. The molecule has 2 aliphatic heterocycles. The van der Waals surface area contributed by atoms with Crippen LogP contribution in [0.5, 0.6) is 0 Å². The second-order valence-corrected chi connectivity index (χ2v) is 11.4. The number of hydrogen-bond acceptors (Lipinski definition) is 5. The van der Waals surface area contributed by atoms with Gasteiger partial charge in [-0.3, -0.25) is 0 Å². The van der Waals surface area contributed by atoms with Crippen LogP contribution in [0.15, 0.2) is 29.2 Å². The maximum atomic E-state index is 12.6. The summed E-state index contributed by atoms with van der Waals surface area (Å²) in [7, 11) is -7.11. The zero-order valence-corrected chi connectivity index (χ0v) is 18.0. The average Bonchev–Trinajstić information content (AvgIpc) is 2.67. The zero-order valence-electron chi connectivity index (χ0n) is 16.4. The Balaban J connectivity index is 1.62. The van der Waals surface area contributed by atoms with E-state index < -0.39 is 20.2 Å². The Hall–Kier alpha value is -1.04. The van der Waals surface area contributed by atoms with Crippen LogP contribution in [0.3, 0.4) is 0 Å². The molecule has 158 valence electrons. The highest BCUT2D eigenvalue weighted by Crippen LogP contribution is 2.23. The molecule has 1 aromatic carbocycles. The van der Waals surface area contributed by atoms with E-state index in [0.717, 1.165) is 6.42 Å². The highest BCUT2D eigenvalue weighted by atomic mass is 32.2. The van der Waals surface area contributed by atoms with E-state index >= 15 is 0 Å². The summed E-state index contributed by atoms with van der Waals surface area (Å²) in [5, 5.41) is 0. The van der Waals surface area contributed by atoms with Crippen molar-refractivity contribution in [3.8, 4) is 0 Å². The van der Waals surface area contributed by atoms with Crippen LogP contribution in [-0.4, -0.2) is 64.8 Å². The largest absolute Gasteiger partial charge is 0.379 e. The monoisotopic (exact) mass is 431 g/mol. The second kappa shape index (κ2) is 8.76. The summed E-state index contributed by atoms with van der Waals surface area (Å²) in [6, 6.07) is 6.35. The van der Waals surface area contributed by atoms with E-state index in [1.165, 1.54) is 20.7 Å². The van der Waals surface area contributed by atoms with Crippen molar-refractivity contribution in [1.82, 2.24) is 13.3 Å². The summed E-state index contributed by atoms with van der Waals surface area (Å²) < 4.78 is 61.2. The minimum Gasteiger partial charge on any atom is -0.379 e. The van der Waals surface area contributed by atoms with Crippen molar-refractivity contribution in [2.75, 3.05) is 39.4 Å². The summed E-state index contributed by atoms with van der Waals surface area (Å²) in [6.07, 6.45) is 1.03. The van der Waals surface area contributed by atoms with Crippen molar-refractivity contribution in [3.63, 3.8) is 0 Å². The van der Waals surface area contributed by atoms with Crippen LogP contribution >= 0.6 is 0 Å². The van der Waals surface area contributed by atoms with Crippen LogP contribution in [-0.2, 0) is 31.5 Å². The molecule has 0 spiro atoms. The van der Waals surface area contributed by atoms with Gasteiger partial charge in [0.25, 0.3) is 10.2 Å². The van der Waals surface area contributed by atoms with Crippen LogP contribution in [0.25, 0.3) is 0 Å². The van der Waals surface area contributed by atoms with Gasteiger partial charge < -0.3 is 4.74 Å². The van der Waals surface area contributed by atoms with Crippen LogP contribution in [0, 0.1) is 11.8 Å². The van der Waals surface area contributed by atoms with E-state index in [9.17, 15) is 16.8 Å². The molecule has 2 saturated heterocycles. The number of rotatable bonds is 6. The van der Waals surface area contributed by atoms with E-state index in [1.807, 2.05) is 0 Å². The first-order valence-corrected chi connectivity index (χ1v) is 12.5. The van der Waals surface area contributed by atoms with Gasteiger partial charge in [-0.25, -0.2) is 8.42 Å². The van der Waals surface area contributed by atoms with Crippen molar-refractivity contribution >= 4 is 20.2 Å². The molecule has 10 heteroatoms. The molecule has 0 saturated carbocycles. The molecule has 1 N–H and O–H groups in total. The van der Waals surface area contributed by atoms with Crippen LogP contribution in [0.4, 0.5) is 0 Å². The normalized spacial score (nSPS) is 25.6. The number of sulfonamides is 1. The molecule has 2 aliphatic rings. The quantitative estimate of drug-likeness (QED) is 0.726. The topological polar surface area (TPSA) is 96.0 Å². The van der Waals surface area contributed by atoms with E-state index in [2.05, 4.69) is 18.6 Å². The Labute approximate surface area is 168 Å². The number of ether oxygens (including phenoxy) is 1. The minimum atomic E-state index is -3.56. The Kier molecular flexibility index (Phi) is 6.78. The molecule has 0 aliphatic carbocycles. The molecular formula is C18H29N3O5S2. The first-order valence-electron chi connectivity index (χ1n) is 9.60. The SMILES string of the molecule is C[C@@H]1C[C@@H](C)CN(S(=O)(=O)NCc2ccc(S(=O)(=O)N3CCOCC3)cc2)C1. The first kappa shape index (κ1) is 21.7. The van der Waals surface area contributed by atoms with E-state index in [-0.39, 0.29) is 11.4 Å². The third-order valence-electron chi connectivity index (χ3n) is 5.17. The van der Waals surface area contributed by atoms with Crippen molar-refractivity contribution < 1.29 is 21.6 Å². The van der Waals surface area contributed by atoms with Crippen LogP contribution in [0.2, 0.25) is 0 Å². The molecule has 0 radical (unpaired) electrons. The van der Waals surface area contributed by atoms with E-state index in [4.69, 9.17) is 4.74 Å². The van der Waals surface area contributed by atoms with Gasteiger partial charge in [0.2, 0.25) is 10.0 Å². The molecule has 0 unspecified atom stereocenters. The molecule has 0 bridgehead atoms. The third kappa shape index (κ3) is 5.11. The minimum absolute atomic E-state index is 0.124. The van der Waals surface area contributed by atoms with Gasteiger partial charge in [-0.05, 0) is 36.0 Å². The van der Waals surface area contributed by atoms with E-state index in [0.29, 0.717) is 56.8 Å². The molecule has 2 fully saturated rings. The van der Waals surface area contributed by atoms with Crippen molar-refractivity contribution in [2.24, 2.45) is 11.8 Å². The van der Waals surface area contributed by atoms with Crippen LogP contribution < -0.4 is 4.72 Å². The fourth-order valence-corrected chi connectivity index (χ4v) is 6.62. The first-order chi connectivity index (χ1) is 13.2. The second-order valence-electron chi connectivity index (χ2n) is 7.75. The number of benzene rings is 1. The van der Waals surface area contributed by atoms with Gasteiger partial charge in [-0.1, -0.05) is 26.0 Å². The molecule has 3 rings (SSSR count). The van der Waals surface area contributed by atoms with Gasteiger partial charge in [-0.15, -0.1) is 0 Å². The van der Waals surface area contributed by atoms with E-state index in [1.54, 1.807) is 12.1 Å². The smallest absolute Gasteiger partial charge is 0.279 e.